The summed E-state index contributed by atoms with van der Waals surface area (Å²) in [6, 6.07) is 8.71. The van der Waals surface area contributed by atoms with Crippen molar-refractivity contribution < 1.29 is 4.79 Å². The number of piperidine rings is 1. The predicted molar refractivity (Wildman–Crippen MR) is 128 cm³/mol. The van der Waals surface area contributed by atoms with Crippen LogP contribution in [0.5, 0.6) is 0 Å². The van der Waals surface area contributed by atoms with Crippen molar-refractivity contribution in [3.63, 3.8) is 0 Å². The standard InChI is InChI=1S/C23H34N4O.2ClH/c1-16(2)27-20-12-5-4-11-19(20)25-21(27)17-9-8-14-26(15-17)22(28)18-10-6-7-13-23(18,3)24;;/h4-5,11-12,16-18H,6-10,13-15,24H2,1-3H3;2*1H. The van der Waals surface area contributed by atoms with Gasteiger partial charge in [-0.1, -0.05) is 25.0 Å². The highest BCUT2D eigenvalue weighted by molar-refractivity contribution is 5.85. The average molecular weight is 455 g/mol. The molecule has 30 heavy (non-hydrogen) atoms. The molecule has 0 bridgehead atoms. The van der Waals surface area contributed by atoms with Crippen LogP contribution in [0.2, 0.25) is 0 Å². The Morgan fingerprint density at radius 2 is 1.90 bits per heavy atom. The summed E-state index contributed by atoms with van der Waals surface area (Å²) in [5, 5.41) is 0. The number of nitrogens with two attached hydrogens (primary N) is 1. The van der Waals surface area contributed by atoms with E-state index in [1.54, 1.807) is 0 Å². The van der Waals surface area contributed by atoms with Crippen LogP contribution in [0.4, 0.5) is 0 Å². The smallest absolute Gasteiger partial charge is 0.227 e. The van der Waals surface area contributed by atoms with Crippen LogP contribution in [0, 0.1) is 5.92 Å². The summed E-state index contributed by atoms with van der Waals surface area (Å²) >= 11 is 0. The van der Waals surface area contributed by atoms with Crippen LogP contribution in [-0.4, -0.2) is 39.0 Å². The largest absolute Gasteiger partial charge is 0.342 e. The summed E-state index contributed by atoms with van der Waals surface area (Å²) in [6.07, 6.45) is 6.25. The number of carbonyl (C=O) groups is 1. The Morgan fingerprint density at radius 3 is 2.60 bits per heavy atom. The first-order valence-electron chi connectivity index (χ1n) is 10.9. The summed E-state index contributed by atoms with van der Waals surface area (Å²) < 4.78 is 2.36. The highest BCUT2D eigenvalue weighted by Crippen LogP contribution is 2.36. The van der Waals surface area contributed by atoms with Gasteiger partial charge in [0.15, 0.2) is 0 Å². The average Bonchev–Trinajstić information content (AvgIpc) is 3.07. The van der Waals surface area contributed by atoms with Gasteiger partial charge in [-0.15, -0.1) is 24.8 Å². The van der Waals surface area contributed by atoms with E-state index in [1.807, 2.05) is 6.07 Å². The minimum Gasteiger partial charge on any atom is -0.342 e. The molecule has 4 rings (SSSR count). The molecule has 1 aliphatic heterocycles. The van der Waals surface area contributed by atoms with E-state index in [-0.39, 0.29) is 42.2 Å². The summed E-state index contributed by atoms with van der Waals surface area (Å²) in [4.78, 5) is 20.4. The molecule has 2 aromatic rings. The molecule has 1 amide bonds. The number of hydrogen-bond donors (Lipinski definition) is 1. The fourth-order valence-corrected chi connectivity index (χ4v) is 5.27. The zero-order valence-corrected chi connectivity index (χ0v) is 20.0. The normalized spacial score (nSPS) is 26.9. The molecule has 3 unspecified atom stereocenters. The van der Waals surface area contributed by atoms with Crippen LogP contribution in [-0.2, 0) is 4.79 Å². The first kappa shape index (κ1) is 25.0. The van der Waals surface area contributed by atoms with E-state index in [2.05, 4.69) is 48.4 Å². The van der Waals surface area contributed by atoms with Gasteiger partial charge in [0.05, 0.1) is 17.0 Å². The van der Waals surface area contributed by atoms with Gasteiger partial charge in [0.2, 0.25) is 5.91 Å². The second-order valence-corrected chi connectivity index (χ2v) is 9.35. The van der Waals surface area contributed by atoms with Crippen LogP contribution in [0.3, 0.4) is 0 Å². The van der Waals surface area contributed by atoms with E-state index in [9.17, 15) is 4.79 Å². The predicted octanol–water partition coefficient (Wildman–Crippen LogP) is 5.07. The van der Waals surface area contributed by atoms with Gasteiger partial charge in [-0.3, -0.25) is 4.79 Å². The van der Waals surface area contributed by atoms with Gasteiger partial charge in [0.25, 0.3) is 0 Å². The SMILES string of the molecule is CC(C)n1c(C2CCCN(C(=O)C3CCCCC3(C)N)C2)nc2ccccc21.Cl.Cl. The number of hydrogen-bond acceptors (Lipinski definition) is 3. The van der Waals surface area contributed by atoms with Gasteiger partial charge in [-0.25, -0.2) is 4.98 Å². The molecule has 1 saturated carbocycles. The number of aromatic nitrogens is 2. The van der Waals surface area contributed by atoms with Crippen molar-refractivity contribution in [1.29, 1.82) is 0 Å². The van der Waals surface area contributed by atoms with Crippen molar-refractivity contribution in [2.24, 2.45) is 11.7 Å². The van der Waals surface area contributed by atoms with Crippen LogP contribution in [0.1, 0.15) is 77.1 Å². The van der Waals surface area contributed by atoms with Crippen molar-refractivity contribution in [1.82, 2.24) is 14.5 Å². The van der Waals surface area contributed by atoms with Crippen LogP contribution >= 0.6 is 24.8 Å². The van der Waals surface area contributed by atoms with Crippen molar-refractivity contribution in [3.05, 3.63) is 30.1 Å². The highest BCUT2D eigenvalue weighted by atomic mass is 35.5. The van der Waals surface area contributed by atoms with E-state index < -0.39 is 0 Å². The van der Waals surface area contributed by atoms with E-state index in [0.717, 1.165) is 63.0 Å². The summed E-state index contributed by atoms with van der Waals surface area (Å²) in [7, 11) is 0. The Labute approximate surface area is 192 Å². The molecule has 2 heterocycles. The lowest BCUT2D eigenvalue weighted by atomic mass is 9.73. The van der Waals surface area contributed by atoms with Crippen LogP contribution in [0.15, 0.2) is 24.3 Å². The second kappa shape index (κ2) is 9.88. The minimum absolute atomic E-state index is 0. The van der Waals surface area contributed by atoms with E-state index >= 15 is 0 Å². The fourth-order valence-electron chi connectivity index (χ4n) is 5.27. The van der Waals surface area contributed by atoms with Gasteiger partial charge in [-0.05, 0) is 58.6 Å². The summed E-state index contributed by atoms with van der Waals surface area (Å²) in [5.74, 6) is 1.65. The number of imidazole rings is 1. The zero-order valence-electron chi connectivity index (χ0n) is 18.3. The topological polar surface area (TPSA) is 64.2 Å². The molecule has 2 fully saturated rings. The van der Waals surface area contributed by atoms with Gasteiger partial charge < -0.3 is 15.2 Å². The van der Waals surface area contributed by atoms with Gasteiger partial charge in [-0.2, -0.15) is 0 Å². The van der Waals surface area contributed by atoms with Gasteiger partial charge in [0.1, 0.15) is 5.82 Å². The summed E-state index contributed by atoms with van der Waals surface area (Å²) in [6.45, 7) is 8.11. The molecule has 7 heteroatoms. The third-order valence-corrected chi connectivity index (χ3v) is 6.79. The lowest BCUT2D eigenvalue weighted by Gasteiger charge is -2.42. The number of rotatable bonds is 3. The third-order valence-electron chi connectivity index (χ3n) is 6.79. The molecule has 1 aromatic heterocycles. The van der Waals surface area contributed by atoms with Crippen molar-refractivity contribution in [2.75, 3.05) is 13.1 Å². The number of carbonyl (C=O) groups excluding carboxylic acids is 1. The number of fused-ring (bicyclic) bond motifs is 1. The first-order chi connectivity index (χ1) is 13.4. The number of likely N-dealkylation sites (tertiary alicyclic amines) is 1. The minimum atomic E-state index is -0.368. The van der Waals surface area contributed by atoms with Crippen molar-refractivity contribution >= 4 is 41.8 Å². The summed E-state index contributed by atoms with van der Waals surface area (Å²) in [5.41, 5.74) is 8.40. The Balaban J connectivity index is 0.00000160. The molecular formula is C23H36Cl2N4O. The maximum atomic E-state index is 13.4. The molecule has 3 atom stereocenters. The monoisotopic (exact) mass is 454 g/mol. The molecule has 2 aliphatic rings. The number of halogens is 2. The molecule has 2 N–H and O–H groups in total. The van der Waals surface area contributed by atoms with Gasteiger partial charge >= 0.3 is 0 Å². The highest BCUT2D eigenvalue weighted by Gasteiger charge is 2.41. The lowest BCUT2D eigenvalue weighted by molar-refractivity contribution is -0.140. The molecule has 1 aliphatic carbocycles. The molecule has 0 radical (unpaired) electrons. The Kier molecular flexibility index (Phi) is 8.22. The Hall–Kier alpha value is -1.30. The first-order valence-corrected chi connectivity index (χ1v) is 10.9. The van der Waals surface area contributed by atoms with E-state index in [0.29, 0.717) is 12.0 Å². The fraction of sp³-hybridized carbons (Fsp3) is 0.652. The maximum absolute atomic E-state index is 13.4. The lowest BCUT2D eigenvalue weighted by Crippen LogP contribution is -2.55. The number of nitrogens with zero attached hydrogens (tertiary/aromatic N) is 3. The molecule has 0 spiro atoms. The molecule has 5 nitrogen and oxygen atoms in total. The Morgan fingerprint density at radius 1 is 1.17 bits per heavy atom. The maximum Gasteiger partial charge on any atom is 0.227 e. The van der Waals surface area contributed by atoms with Crippen molar-refractivity contribution in [2.45, 2.75) is 76.8 Å². The van der Waals surface area contributed by atoms with Crippen molar-refractivity contribution in [3.8, 4) is 0 Å². The number of benzene rings is 1. The molecule has 168 valence electrons. The zero-order chi connectivity index (χ0) is 19.9. The van der Waals surface area contributed by atoms with Crippen LogP contribution < -0.4 is 5.73 Å². The number of para-hydroxylation sites is 2. The molecule has 1 aromatic carbocycles. The second-order valence-electron chi connectivity index (χ2n) is 9.35. The van der Waals surface area contributed by atoms with E-state index in [4.69, 9.17) is 10.7 Å². The van der Waals surface area contributed by atoms with Crippen LogP contribution in [0.25, 0.3) is 11.0 Å². The molecule has 1 saturated heterocycles. The van der Waals surface area contributed by atoms with E-state index in [1.165, 1.54) is 5.52 Å². The quantitative estimate of drug-likeness (QED) is 0.703. The number of amides is 1. The molecular weight excluding hydrogens is 419 g/mol. The van der Waals surface area contributed by atoms with Gasteiger partial charge in [0, 0.05) is 30.6 Å². The Bertz CT molecular complexity index is 864. The third kappa shape index (κ3) is 4.63.